The van der Waals surface area contributed by atoms with Gasteiger partial charge in [0.15, 0.2) is 0 Å². The summed E-state index contributed by atoms with van der Waals surface area (Å²) in [6, 6.07) is 2.92. The summed E-state index contributed by atoms with van der Waals surface area (Å²) >= 11 is 0. The number of hydrogen-bond donors (Lipinski definition) is 0. The molecule has 0 saturated heterocycles. The Morgan fingerprint density at radius 3 is 2.60 bits per heavy atom. The highest BCUT2D eigenvalue weighted by Gasteiger charge is 2.21. The number of hydrogen-bond acceptors (Lipinski definition) is 1. The van der Waals surface area contributed by atoms with Crippen molar-refractivity contribution >= 4 is 5.65 Å². The smallest absolute Gasteiger partial charge is 0.140 e. The van der Waals surface area contributed by atoms with Crippen LogP contribution in [0.15, 0.2) is 18.3 Å². The van der Waals surface area contributed by atoms with Crippen LogP contribution in [0, 0.1) is 12.7 Å². The molecule has 0 N–H and O–H groups in total. The number of nitrogens with zero attached hydrogens (tertiary/aromatic N) is 2. The summed E-state index contributed by atoms with van der Waals surface area (Å²) in [5, 5.41) is 0. The van der Waals surface area contributed by atoms with Crippen LogP contribution in [0.4, 0.5) is 4.39 Å². The molecule has 0 amide bonds. The SMILES string of the molecule is Cc1nc2cc(F)ccn2c1C(C)(C)C. The molecule has 0 radical (unpaired) electrons. The first kappa shape index (κ1) is 10.1. The Labute approximate surface area is 88.8 Å². The quantitative estimate of drug-likeness (QED) is 0.647. The Bertz CT molecular complexity index is 506. The van der Waals surface area contributed by atoms with Gasteiger partial charge in [-0.05, 0) is 13.0 Å². The zero-order chi connectivity index (χ0) is 11.2. The summed E-state index contributed by atoms with van der Waals surface area (Å²) in [5.74, 6) is -0.243. The van der Waals surface area contributed by atoms with Crippen molar-refractivity contribution in [1.29, 1.82) is 0 Å². The van der Waals surface area contributed by atoms with E-state index in [4.69, 9.17) is 0 Å². The Balaban J connectivity index is 2.80. The highest BCUT2D eigenvalue weighted by Crippen LogP contribution is 2.26. The van der Waals surface area contributed by atoms with Gasteiger partial charge in [-0.3, -0.25) is 0 Å². The highest BCUT2D eigenvalue weighted by atomic mass is 19.1. The lowest BCUT2D eigenvalue weighted by Crippen LogP contribution is -2.15. The maximum Gasteiger partial charge on any atom is 0.140 e. The van der Waals surface area contributed by atoms with Crippen molar-refractivity contribution in [1.82, 2.24) is 9.38 Å². The molecule has 0 atom stereocenters. The molecule has 0 spiro atoms. The molecule has 80 valence electrons. The van der Waals surface area contributed by atoms with Crippen LogP contribution in [-0.4, -0.2) is 9.38 Å². The highest BCUT2D eigenvalue weighted by molar-refractivity contribution is 5.45. The molecule has 2 rings (SSSR count). The van der Waals surface area contributed by atoms with Crippen molar-refractivity contribution in [2.75, 3.05) is 0 Å². The van der Waals surface area contributed by atoms with Crippen LogP contribution in [0.1, 0.15) is 32.2 Å². The van der Waals surface area contributed by atoms with Crippen LogP contribution in [0.2, 0.25) is 0 Å². The molecule has 3 heteroatoms. The van der Waals surface area contributed by atoms with E-state index in [9.17, 15) is 4.39 Å². The molecule has 2 aromatic rings. The van der Waals surface area contributed by atoms with Crippen LogP contribution < -0.4 is 0 Å². The molecule has 0 fully saturated rings. The summed E-state index contributed by atoms with van der Waals surface area (Å²) in [5.41, 5.74) is 2.80. The van der Waals surface area contributed by atoms with Crippen molar-refractivity contribution in [3.8, 4) is 0 Å². The van der Waals surface area contributed by atoms with Gasteiger partial charge in [0.2, 0.25) is 0 Å². The molecule has 2 heterocycles. The molecule has 0 aliphatic rings. The first-order chi connectivity index (χ1) is 6.89. The van der Waals surface area contributed by atoms with Crippen molar-refractivity contribution in [2.24, 2.45) is 0 Å². The van der Waals surface area contributed by atoms with E-state index < -0.39 is 0 Å². The molecule has 0 aromatic carbocycles. The van der Waals surface area contributed by atoms with E-state index in [0.717, 1.165) is 11.4 Å². The van der Waals surface area contributed by atoms with Gasteiger partial charge in [-0.2, -0.15) is 0 Å². The van der Waals surface area contributed by atoms with Gasteiger partial charge in [-0.15, -0.1) is 0 Å². The van der Waals surface area contributed by atoms with E-state index in [1.165, 1.54) is 12.1 Å². The Morgan fingerprint density at radius 1 is 1.33 bits per heavy atom. The van der Waals surface area contributed by atoms with Crippen molar-refractivity contribution in [3.05, 3.63) is 35.5 Å². The number of aryl methyl sites for hydroxylation is 1. The monoisotopic (exact) mass is 206 g/mol. The Hall–Kier alpha value is -1.38. The predicted molar refractivity (Wildman–Crippen MR) is 58.6 cm³/mol. The number of fused-ring (bicyclic) bond motifs is 1. The third-order valence-corrected chi connectivity index (χ3v) is 2.47. The van der Waals surface area contributed by atoms with Crippen molar-refractivity contribution in [3.63, 3.8) is 0 Å². The molecule has 0 unspecified atom stereocenters. The lowest BCUT2D eigenvalue weighted by molar-refractivity contribution is 0.557. The Kier molecular flexibility index (Phi) is 2.07. The van der Waals surface area contributed by atoms with E-state index >= 15 is 0 Å². The second-order valence-corrected chi connectivity index (χ2v) is 4.87. The standard InChI is InChI=1S/C12H15FN2/c1-8-11(12(2,3)4)15-6-5-9(13)7-10(15)14-8/h5-7H,1-4H3. The molecule has 0 bridgehead atoms. The van der Waals surface area contributed by atoms with E-state index in [1.807, 2.05) is 11.3 Å². The molecule has 2 nitrogen and oxygen atoms in total. The minimum absolute atomic E-state index is 0.0152. The summed E-state index contributed by atoms with van der Waals surface area (Å²) in [4.78, 5) is 4.36. The number of rotatable bonds is 0. The first-order valence-electron chi connectivity index (χ1n) is 5.04. The molecule has 2 aromatic heterocycles. The fraction of sp³-hybridized carbons (Fsp3) is 0.417. The van der Waals surface area contributed by atoms with Gasteiger partial charge < -0.3 is 4.40 Å². The number of aromatic nitrogens is 2. The maximum absolute atomic E-state index is 13.0. The molecule has 0 saturated carbocycles. The van der Waals surface area contributed by atoms with Crippen LogP contribution in [0.25, 0.3) is 5.65 Å². The van der Waals surface area contributed by atoms with Crippen LogP contribution >= 0.6 is 0 Å². The number of imidazole rings is 1. The third kappa shape index (κ3) is 1.62. The predicted octanol–water partition coefficient (Wildman–Crippen LogP) is 3.08. The zero-order valence-electron chi connectivity index (χ0n) is 9.50. The second-order valence-electron chi connectivity index (χ2n) is 4.87. The molecular formula is C12H15FN2. The van der Waals surface area contributed by atoms with Gasteiger partial charge >= 0.3 is 0 Å². The molecule has 0 aliphatic heterocycles. The third-order valence-electron chi connectivity index (χ3n) is 2.47. The van der Waals surface area contributed by atoms with E-state index in [0.29, 0.717) is 5.65 Å². The minimum Gasteiger partial charge on any atom is -0.303 e. The minimum atomic E-state index is -0.243. The van der Waals surface area contributed by atoms with Gasteiger partial charge in [-0.1, -0.05) is 20.8 Å². The first-order valence-corrected chi connectivity index (χ1v) is 5.04. The molecule has 0 aliphatic carbocycles. The average molecular weight is 206 g/mol. The summed E-state index contributed by atoms with van der Waals surface area (Å²) < 4.78 is 15.0. The summed E-state index contributed by atoms with van der Waals surface area (Å²) in [7, 11) is 0. The lowest BCUT2D eigenvalue weighted by atomic mass is 9.91. The topological polar surface area (TPSA) is 17.3 Å². The summed E-state index contributed by atoms with van der Waals surface area (Å²) in [6.07, 6.45) is 1.74. The van der Waals surface area contributed by atoms with Gasteiger partial charge in [0, 0.05) is 17.7 Å². The Morgan fingerprint density at radius 2 is 2.00 bits per heavy atom. The summed E-state index contributed by atoms with van der Waals surface area (Å²) in [6.45, 7) is 8.36. The normalized spacial score (nSPS) is 12.3. The van der Waals surface area contributed by atoms with Crippen LogP contribution in [0.5, 0.6) is 0 Å². The average Bonchev–Trinajstić information content (AvgIpc) is 2.38. The molecule has 15 heavy (non-hydrogen) atoms. The largest absolute Gasteiger partial charge is 0.303 e. The van der Waals surface area contributed by atoms with Gasteiger partial charge in [0.25, 0.3) is 0 Å². The number of pyridine rings is 1. The maximum atomic E-state index is 13.0. The van der Waals surface area contributed by atoms with Crippen LogP contribution in [0.3, 0.4) is 0 Å². The van der Waals surface area contributed by atoms with E-state index in [-0.39, 0.29) is 11.2 Å². The zero-order valence-corrected chi connectivity index (χ0v) is 9.50. The lowest BCUT2D eigenvalue weighted by Gasteiger charge is -2.19. The van der Waals surface area contributed by atoms with Crippen molar-refractivity contribution < 1.29 is 4.39 Å². The van der Waals surface area contributed by atoms with Gasteiger partial charge in [-0.25, -0.2) is 9.37 Å². The van der Waals surface area contributed by atoms with Gasteiger partial charge in [0.05, 0.1) is 11.4 Å². The second kappa shape index (κ2) is 3.05. The van der Waals surface area contributed by atoms with Crippen LogP contribution in [-0.2, 0) is 5.41 Å². The van der Waals surface area contributed by atoms with Gasteiger partial charge in [0.1, 0.15) is 11.5 Å². The van der Waals surface area contributed by atoms with E-state index in [2.05, 4.69) is 25.8 Å². The van der Waals surface area contributed by atoms with E-state index in [1.54, 1.807) is 6.20 Å². The molecular weight excluding hydrogens is 191 g/mol. The fourth-order valence-corrected chi connectivity index (χ4v) is 2.04. The van der Waals surface area contributed by atoms with Crippen molar-refractivity contribution in [2.45, 2.75) is 33.1 Å². The fourth-order valence-electron chi connectivity index (χ4n) is 2.04. The number of halogens is 1.